The van der Waals surface area contributed by atoms with Crippen LogP contribution in [0.2, 0.25) is 0 Å². The lowest BCUT2D eigenvalue weighted by Gasteiger charge is -2.26. The van der Waals surface area contributed by atoms with Crippen molar-refractivity contribution >= 4 is 47.7 Å². The first-order valence-electron chi connectivity index (χ1n) is 10.4. The Kier molecular flexibility index (Phi) is 10.4. The van der Waals surface area contributed by atoms with Gasteiger partial charge in [-0.15, -0.1) is 36.2 Å². The van der Waals surface area contributed by atoms with Gasteiger partial charge in [0.1, 0.15) is 0 Å². The number of pyridine rings is 1. The molecule has 8 nitrogen and oxygen atoms in total. The molecule has 2 aromatic heterocycles. The molecule has 0 bridgehead atoms. The summed E-state index contributed by atoms with van der Waals surface area (Å²) in [5.41, 5.74) is 2.99. The number of nitro benzene ring substituents is 1. The van der Waals surface area contributed by atoms with Gasteiger partial charge in [-0.2, -0.15) is 0 Å². The fourth-order valence-electron chi connectivity index (χ4n) is 3.77. The van der Waals surface area contributed by atoms with Crippen LogP contribution in [0.3, 0.4) is 0 Å². The van der Waals surface area contributed by atoms with Crippen LogP contribution >= 0.6 is 36.2 Å². The maximum atomic E-state index is 13.2. The monoisotopic (exact) mass is 524 g/mol. The highest BCUT2D eigenvalue weighted by Crippen LogP contribution is 2.33. The number of hydrogen-bond donors (Lipinski definition) is 1. The highest BCUT2D eigenvalue weighted by molar-refractivity contribution is 7.13. The van der Waals surface area contributed by atoms with Crippen LogP contribution in [-0.4, -0.2) is 60.1 Å². The zero-order chi connectivity index (χ0) is 22.5. The predicted octanol–water partition coefficient (Wildman–Crippen LogP) is 4.60. The normalized spacial score (nSPS) is 13.4. The lowest BCUT2D eigenvalue weighted by molar-refractivity contribution is -0.384. The number of amides is 1. The summed E-state index contributed by atoms with van der Waals surface area (Å²) in [6, 6.07) is 12.1. The van der Waals surface area contributed by atoms with Gasteiger partial charge in [0.25, 0.3) is 11.6 Å². The molecular formula is C23H26Cl2N4O4S. The first kappa shape index (κ1) is 27.7. The van der Waals surface area contributed by atoms with Crippen molar-refractivity contribution in [2.75, 3.05) is 39.4 Å². The van der Waals surface area contributed by atoms with Gasteiger partial charge in [-0.3, -0.25) is 24.8 Å². The number of benzene rings is 1. The average molecular weight is 525 g/mol. The summed E-state index contributed by atoms with van der Waals surface area (Å²) in [6.45, 7) is 6.15. The van der Waals surface area contributed by atoms with Crippen molar-refractivity contribution in [3.05, 3.63) is 69.2 Å². The van der Waals surface area contributed by atoms with Crippen molar-refractivity contribution in [1.82, 2.24) is 15.2 Å². The number of aryl methyl sites for hydroxylation is 1. The van der Waals surface area contributed by atoms with E-state index in [1.807, 2.05) is 23.6 Å². The molecule has 1 amide bonds. The van der Waals surface area contributed by atoms with Crippen LogP contribution in [0.15, 0.2) is 47.8 Å². The van der Waals surface area contributed by atoms with E-state index in [1.165, 1.54) is 12.1 Å². The molecule has 0 aliphatic carbocycles. The predicted molar refractivity (Wildman–Crippen MR) is 138 cm³/mol. The van der Waals surface area contributed by atoms with Crippen molar-refractivity contribution in [1.29, 1.82) is 0 Å². The summed E-state index contributed by atoms with van der Waals surface area (Å²) in [6.07, 6.45) is 0. The van der Waals surface area contributed by atoms with E-state index in [4.69, 9.17) is 4.74 Å². The molecule has 1 aliphatic heterocycles. The molecule has 0 spiro atoms. The molecule has 1 fully saturated rings. The minimum absolute atomic E-state index is 0. The Labute approximate surface area is 214 Å². The van der Waals surface area contributed by atoms with Gasteiger partial charge in [0.15, 0.2) is 0 Å². The number of non-ortho nitro benzene ring substituents is 1. The smallest absolute Gasteiger partial charge is 0.270 e. The Bertz CT molecular complexity index is 1120. The second kappa shape index (κ2) is 12.8. The van der Waals surface area contributed by atoms with E-state index in [-0.39, 0.29) is 36.4 Å². The van der Waals surface area contributed by atoms with Gasteiger partial charge in [0.05, 0.1) is 40.0 Å². The molecule has 34 heavy (non-hydrogen) atoms. The number of nitrogens with one attached hydrogen (secondary N) is 1. The van der Waals surface area contributed by atoms with Gasteiger partial charge in [0, 0.05) is 38.3 Å². The van der Waals surface area contributed by atoms with Crippen molar-refractivity contribution in [3.63, 3.8) is 0 Å². The molecule has 1 saturated heterocycles. The van der Waals surface area contributed by atoms with Gasteiger partial charge in [-0.1, -0.05) is 18.2 Å². The minimum Gasteiger partial charge on any atom is -0.379 e. The number of carbonyl (C=O) groups is 1. The molecule has 0 unspecified atom stereocenters. The average Bonchev–Trinajstić information content (AvgIpc) is 3.34. The van der Waals surface area contributed by atoms with Crippen LogP contribution in [0.5, 0.6) is 0 Å². The van der Waals surface area contributed by atoms with Gasteiger partial charge in [-0.05, 0) is 35.6 Å². The molecule has 182 valence electrons. The maximum absolute atomic E-state index is 13.2. The molecule has 11 heteroatoms. The summed E-state index contributed by atoms with van der Waals surface area (Å²) >= 11 is 1.55. The number of carbonyl (C=O) groups excluding carboxylic acids is 1. The van der Waals surface area contributed by atoms with E-state index in [0.29, 0.717) is 42.1 Å². The summed E-state index contributed by atoms with van der Waals surface area (Å²) < 4.78 is 5.36. The number of ether oxygens (including phenoxy) is 1. The lowest BCUT2D eigenvalue weighted by Crippen LogP contribution is -2.41. The van der Waals surface area contributed by atoms with Crippen molar-refractivity contribution in [2.45, 2.75) is 6.92 Å². The topological polar surface area (TPSA) is 97.6 Å². The van der Waals surface area contributed by atoms with E-state index in [1.54, 1.807) is 30.4 Å². The molecule has 0 radical (unpaired) electrons. The van der Waals surface area contributed by atoms with Gasteiger partial charge >= 0.3 is 0 Å². The molecule has 1 aromatic carbocycles. The van der Waals surface area contributed by atoms with Crippen molar-refractivity contribution in [2.24, 2.45) is 0 Å². The number of halogens is 2. The van der Waals surface area contributed by atoms with E-state index >= 15 is 0 Å². The van der Waals surface area contributed by atoms with E-state index < -0.39 is 4.92 Å². The Hall–Kier alpha value is -2.56. The largest absolute Gasteiger partial charge is 0.379 e. The number of aromatic nitrogens is 1. The molecule has 3 aromatic rings. The van der Waals surface area contributed by atoms with Gasteiger partial charge in [0.2, 0.25) is 0 Å². The number of nitro groups is 1. The van der Waals surface area contributed by atoms with E-state index in [2.05, 4.69) is 15.2 Å². The Balaban J connectivity index is 0.00000204. The third-order valence-corrected chi connectivity index (χ3v) is 6.28. The summed E-state index contributed by atoms with van der Waals surface area (Å²) in [5.74, 6) is -0.234. The standard InChI is InChI=1S/C23H24N4O4S.2ClH/c1-16-22(23(28)24-7-8-26-9-11-31-12-10-26)19(15-20(25-16)21-6-3-13-32-21)17-4-2-5-18(14-17)27(29)30;;/h2-6,13-15H,7-12H2,1H3,(H,24,28);2*1H. The SMILES string of the molecule is Cc1nc(-c2cccs2)cc(-c2cccc([N+](=O)[O-])c2)c1C(=O)NCCN1CCOCC1.Cl.Cl. The van der Waals surface area contributed by atoms with Gasteiger partial charge in [-0.25, -0.2) is 0 Å². The first-order chi connectivity index (χ1) is 15.5. The Morgan fingerprint density at radius 1 is 1.21 bits per heavy atom. The Morgan fingerprint density at radius 3 is 2.65 bits per heavy atom. The minimum atomic E-state index is -0.431. The number of rotatable bonds is 7. The van der Waals surface area contributed by atoms with Crippen LogP contribution in [0.25, 0.3) is 21.7 Å². The second-order valence-corrected chi connectivity index (χ2v) is 8.46. The van der Waals surface area contributed by atoms with Crippen LogP contribution < -0.4 is 5.32 Å². The summed E-state index contributed by atoms with van der Waals surface area (Å²) in [5, 5.41) is 16.3. The Morgan fingerprint density at radius 2 is 1.97 bits per heavy atom. The zero-order valence-corrected chi connectivity index (χ0v) is 21.0. The second-order valence-electron chi connectivity index (χ2n) is 7.51. The molecule has 1 aliphatic rings. The zero-order valence-electron chi connectivity index (χ0n) is 18.6. The molecule has 0 saturated carbocycles. The van der Waals surface area contributed by atoms with E-state index in [9.17, 15) is 14.9 Å². The van der Waals surface area contributed by atoms with Crippen LogP contribution in [0.4, 0.5) is 5.69 Å². The highest BCUT2D eigenvalue weighted by Gasteiger charge is 2.21. The number of thiophene rings is 1. The van der Waals surface area contributed by atoms with Crippen LogP contribution in [-0.2, 0) is 4.74 Å². The summed E-state index contributed by atoms with van der Waals surface area (Å²) in [7, 11) is 0. The van der Waals surface area contributed by atoms with Crippen molar-refractivity contribution < 1.29 is 14.5 Å². The molecule has 1 N–H and O–H groups in total. The fraction of sp³-hybridized carbons (Fsp3) is 0.304. The molecule has 3 heterocycles. The van der Waals surface area contributed by atoms with Crippen LogP contribution in [0.1, 0.15) is 16.1 Å². The number of morpholine rings is 1. The van der Waals surface area contributed by atoms with Crippen molar-refractivity contribution in [3.8, 4) is 21.7 Å². The van der Waals surface area contributed by atoms with Crippen LogP contribution in [0, 0.1) is 17.0 Å². The number of nitrogens with zero attached hydrogens (tertiary/aromatic N) is 3. The first-order valence-corrected chi connectivity index (χ1v) is 11.3. The maximum Gasteiger partial charge on any atom is 0.270 e. The lowest BCUT2D eigenvalue weighted by atomic mass is 9.96. The molecule has 4 rings (SSSR count). The third kappa shape index (κ3) is 6.52. The molecule has 0 atom stereocenters. The third-order valence-electron chi connectivity index (χ3n) is 5.39. The quantitative estimate of drug-likeness (QED) is 0.358. The summed E-state index contributed by atoms with van der Waals surface area (Å²) in [4.78, 5) is 32.0. The fourth-order valence-corrected chi connectivity index (χ4v) is 4.45. The van der Waals surface area contributed by atoms with E-state index in [0.717, 1.165) is 30.2 Å². The van der Waals surface area contributed by atoms with Gasteiger partial charge < -0.3 is 10.1 Å². The molecular weight excluding hydrogens is 499 g/mol. The number of hydrogen-bond acceptors (Lipinski definition) is 7. The highest BCUT2D eigenvalue weighted by atomic mass is 35.5.